The number of rotatable bonds is 5. The highest BCUT2D eigenvalue weighted by Crippen LogP contribution is 2.28. The predicted octanol–water partition coefficient (Wildman–Crippen LogP) is 3.00. The summed E-state index contributed by atoms with van der Waals surface area (Å²) in [6.07, 6.45) is 0. The molecule has 0 bridgehead atoms. The van der Waals surface area contributed by atoms with Crippen LogP contribution in [0.3, 0.4) is 0 Å². The van der Waals surface area contributed by atoms with Gasteiger partial charge < -0.3 is 0 Å². The Kier molecular flexibility index (Phi) is 5.71. The van der Waals surface area contributed by atoms with Crippen molar-refractivity contribution in [1.29, 1.82) is 0 Å². The zero-order chi connectivity index (χ0) is 23.1. The number of hydrogen-bond donors (Lipinski definition) is 3. The molecule has 1 heterocycles. The van der Waals surface area contributed by atoms with Gasteiger partial charge in [-0.05, 0) is 56.2 Å². The molecule has 3 N–H and O–H groups in total. The second-order valence-corrected chi connectivity index (χ2v) is 9.61. The van der Waals surface area contributed by atoms with Crippen LogP contribution in [0.1, 0.15) is 16.8 Å². The van der Waals surface area contributed by atoms with E-state index < -0.39 is 35.6 Å². The number of aryl methyl sites for hydroxylation is 3. The minimum Gasteiger partial charge on any atom is -0.293 e. The Morgan fingerprint density at radius 2 is 1.58 bits per heavy atom. The van der Waals surface area contributed by atoms with Gasteiger partial charge in [-0.2, -0.15) is 16.8 Å². The maximum absolute atomic E-state index is 12.9. The second-order valence-electron chi connectivity index (χ2n) is 6.80. The molecule has 0 aliphatic carbocycles. The number of aromatic amines is 1. The highest BCUT2D eigenvalue weighted by molar-refractivity contribution is 7.86. The molecule has 3 aromatic rings. The molecule has 0 aliphatic rings. The minimum absolute atomic E-state index is 0.153. The van der Waals surface area contributed by atoms with Gasteiger partial charge in [0, 0.05) is 0 Å². The number of H-pyrrole nitrogens is 1. The second kappa shape index (κ2) is 7.85. The van der Waals surface area contributed by atoms with Crippen molar-refractivity contribution >= 4 is 31.6 Å². The summed E-state index contributed by atoms with van der Waals surface area (Å²) in [7, 11) is -9.05. The Morgan fingerprint density at radius 3 is 2.19 bits per heavy atom. The van der Waals surface area contributed by atoms with E-state index in [1.54, 1.807) is 13.8 Å². The van der Waals surface area contributed by atoms with E-state index in [2.05, 4.69) is 15.3 Å². The third-order valence-electron chi connectivity index (χ3n) is 4.41. The lowest BCUT2D eigenvalue weighted by atomic mass is 10.2. The van der Waals surface area contributed by atoms with Crippen LogP contribution < -0.4 is 5.56 Å². The van der Waals surface area contributed by atoms with Gasteiger partial charge in [-0.25, -0.2) is 4.68 Å². The van der Waals surface area contributed by atoms with Crippen LogP contribution in [0.5, 0.6) is 0 Å². The lowest BCUT2D eigenvalue weighted by Crippen LogP contribution is -2.16. The van der Waals surface area contributed by atoms with Crippen molar-refractivity contribution < 1.29 is 25.9 Å². The first-order valence-electron chi connectivity index (χ1n) is 8.69. The standard InChI is InChI=1S/C18H18N4O7S2/c1-10-4-7-16(31(27,28)29)14(8-10)19-20-17-12(3)21-22(18(17)23)15-9-13(30(24,25)26)6-5-11(15)2/h4-9,21H,1-3H3,(H,24,25,26)(H,27,28,29). The van der Waals surface area contributed by atoms with Crippen LogP contribution in [0.4, 0.5) is 11.4 Å². The number of azo groups is 1. The van der Waals surface area contributed by atoms with Crippen molar-refractivity contribution in [3.8, 4) is 5.69 Å². The van der Waals surface area contributed by atoms with Crippen molar-refractivity contribution in [3.05, 3.63) is 63.6 Å². The van der Waals surface area contributed by atoms with E-state index in [1.165, 1.54) is 37.3 Å². The van der Waals surface area contributed by atoms with Gasteiger partial charge in [-0.1, -0.05) is 12.1 Å². The molecule has 0 saturated carbocycles. The summed E-state index contributed by atoms with van der Waals surface area (Å²) in [5, 5.41) is 10.4. The Bertz CT molecular complexity index is 1480. The van der Waals surface area contributed by atoms with Gasteiger partial charge in [0.2, 0.25) is 0 Å². The van der Waals surface area contributed by atoms with Gasteiger partial charge in [-0.3, -0.25) is 19.0 Å². The van der Waals surface area contributed by atoms with E-state index in [0.717, 1.165) is 10.7 Å². The number of aromatic nitrogens is 2. The molecule has 0 amide bonds. The van der Waals surface area contributed by atoms with Crippen LogP contribution >= 0.6 is 0 Å². The number of nitrogens with zero attached hydrogens (tertiary/aromatic N) is 3. The Morgan fingerprint density at radius 1 is 0.903 bits per heavy atom. The molecular formula is C18H18N4O7S2. The third kappa shape index (κ3) is 4.64. The smallest absolute Gasteiger partial charge is 0.293 e. The van der Waals surface area contributed by atoms with Crippen LogP contribution in [0.25, 0.3) is 5.69 Å². The van der Waals surface area contributed by atoms with Gasteiger partial charge >= 0.3 is 0 Å². The van der Waals surface area contributed by atoms with E-state index in [-0.39, 0.29) is 22.8 Å². The van der Waals surface area contributed by atoms with Crippen molar-refractivity contribution in [2.45, 2.75) is 30.6 Å². The maximum atomic E-state index is 12.9. The zero-order valence-corrected chi connectivity index (χ0v) is 18.2. The maximum Gasteiger partial charge on any atom is 0.299 e. The summed E-state index contributed by atoms with van der Waals surface area (Å²) in [6, 6.07) is 7.78. The highest BCUT2D eigenvalue weighted by atomic mass is 32.2. The van der Waals surface area contributed by atoms with Crippen LogP contribution in [-0.4, -0.2) is 35.7 Å². The fraction of sp³-hybridized carbons (Fsp3) is 0.167. The van der Waals surface area contributed by atoms with Gasteiger partial charge in [0.1, 0.15) is 10.6 Å². The molecule has 3 rings (SSSR count). The quantitative estimate of drug-likeness (QED) is 0.383. The van der Waals surface area contributed by atoms with Gasteiger partial charge in [0.15, 0.2) is 5.69 Å². The molecule has 0 saturated heterocycles. The largest absolute Gasteiger partial charge is 0.299 e. The molecule has 0 atom stereocenters. The first-order valence-corrected chi connectivity index (χ1v) is 11.6. The average Bonchev–Trinajstić information content (AvgIpc) is 2.92. The van der Waals surface area contributed by atoms with Crippen molar-refractivity contribution in [1.82, 2.24) is 9.78 Å². The molecule has 0 aliphatic heterocycles. The molecule has 1 aromatic heterocycles. The normalized spacial score (nSPS) is 12.5. The van der Waals surface area contributed by atoms with Crippen LogP contribution in [0, 0.1) is 20.8 Å². The van der Waals surface area contributed by atoms with E-state index in [9.17, 15) is 30.7 Å². The topological polar surface area (TPSA) is 171 Å². The van der Waals surface area contributed by atoms with Crippen molar-refractivity contribution in [2.75, 3.05) is 0 Å². The van der Waals surface area contributed by atoms with Gasteiger partial charge in [0.25, 0.3) is 25.8 Å². The fourth-order valence-electron chi connectivity index (χ4n) is 2.84. The van der Waals surface area contributed by atoms with E-state index in [1.807, 2.05) is 0 Å². The monoisotopic (exact) mass is 466 g/mol. The summed E-state index contributed by atoms with van der Waals surface area (Å²) in [5.41, 5.74) is 0.634. The van der Waals surface area contributed by atoms with Crippen LogP contribution in [-0.2, 0) is 20.2 Å². The minimum atomic E-state index is -4.56. The summed E-state index contributed by atoms with van der Waals surface area (Å²) >= 11 is 0. The lowest BCUT2D eigenvalue weighted by Gasteiger charge is -2.07. The molecule has 0 fully saturated rings. The first kappa shape index (κ1) is 22.6. The highest BCUT2D eigenvalue weighted by Gasteiger charge is 2.19. The average molecular weight is 466 g/mol. The van der Waals surface area contributed by atoms with E-state index in [0.29, 0.717) is 11.1 Å². The molecule has 0 radical (unpaired) electrons. The summed E-state index contributed by atoms with van der Waals surface area (Å²) < 4.78 is 65.7. The van der Waals surface area contributed by atoms with E-state index >= 15 is 0 Å². The number of benzene rings is 2. The molecule has 0 spiro atoms. The Hall–Kier alpha value is -3.13. The first-order chi connectivity index (χ1) is 14.3. The molecule has 0 unspecified atom stereocenters. The molecule has 13 heteroatoms. The summed E-state index contributed by atoms with van der Waals surface area (Å²) in [5.74, 6) is 0. The molecular weight excluding hydrogens is 448 g/mol. The van der Waals surface area contributed by atoms with E-state index in [4.69, 9.17) is 0 Å². The molecule has 31 heavy (non-hydrogen) atoms. The van der Waals surface area contributed by atoms with Crippen LogP contribution in [0.15, 0.2) is 61.2 Å². The number of nitrogens with one attached hydrogen (secondary N) is 1. The number of hydrogen-bond acceptors (Lipinski definition) is 7. The Labute approximate surface area is 177 Å². The van der Waals surface area contributed by atoms with Crippen molar-refractivity contribution in [3.63, 3.8) is 0 Å². The van der Waals surface area contributed by atoms with Crippen LogP contribution in [0.2, 0.25) is 0 Å². The zero-order valence-electron chi connectivity index (χ0n) is 16.6. The predicted molar refractivity (Wildman–Crippen MR) is 111 cm³/mol. The molecule has 11 nitrogen and oxygen atoms in total. The fourth-order valence-corrected chi connectivity index (χ4v) is 3.95. The summed E-state index contributed by atoms with van der Waals surface area (Å²) in [4.78, 5) is 12.0. The van der Waals surface area contributed by atoms with Crippen molar-refractivity contribution in [2.24, 2.45) is 10.2 Å². The third-order valence-corrected chi connectivity index (χ3v) is 6.16. The molecule has 2 aromatic carbocycles. The molecule has 164 valence electrons. The summed E-state index contributed by atoms with van der Waals surface area (Å²) in [6.45, 7) is 4.85. The lowest BCUT2D eigenvalue weighted by molar-refractivity contribution is 0.481. The van der Waals surface area contributed by atoms with Gasteiger partial charge in [0.05, 0.1) is 16.3 Å². The Balaban J connectivity index is 2.14. The SMILES string of the molecule is Cc1ccc(S(=O)(=O)O)c(N=Nc2c(C)[nH]n(-c3cc(S(=O)(=O)O)ccc3C)c2=O)c1. The van der Waals surface area contributed by atoms with Gasteiger partial charge in [-0.15, -0.1) is 10.2 Å².